The lowest BCUT2D eigenvalue weighted by molar-refractivity contribution is 0.419. The summed E-state index contributed by atoms with van der Waals surface area (Å²) in [6.07, 6.45) is 0. The molecule has 182 valence electrons. The molecule has 6 aromatic rings. The fraction of sp³-hybridized carbons (Fsp3) is 0.0857. The predicted molar refractivity (Wildman–Crippen MR) is 154 cm³/mol. The molecule has 0 spiro atoms. The highest BCUT2D eigenvalue weighted by Crippen LogP contribution is 2.51. The van der Waals surface area contributed by atoms with Gasteiger partial charge >= 0.3 is 0 Å². The molecule has 0 unspecified atom stereocenters. The van der Waals surface area contributed by atoms with Crippen molar-refractivity contribution in [3.05, 3.63) is 132 Å². The van der Waals surface area contributed by atoms with E-state index < -0.39 is 0 Å². The van der Waals surface area contributed by atoms with Crippen LogP contribution in [0.1, 0.15) is 25.0 Å². The van der Waals surface area contributed by atoms with E-state index in [4.69, 9.17) is 14.7 Å². The van der Waals surface area contributed by atoms with E-state index >= 15 is 0 Å². The van der Waals surface area contributed by atoms with Gasteiger partial charge in [0, 0.05) is 33.1 Å². The Kier molecular flexibility index (Phi) is 5.12. The Labute approximate surface area is 222 Å². The van der Waals surface area contributed by atoms with Crippen LogP contribution in [-0.2, 0) is 5.41 Å². The first-order valence-electron chi connectivity index (χ1n) is 12.9. The molecule has 3 heteroatoms. The van der Waals surface area contributed by atoms with Crippen molar-refractivity contribution in [2.75, 3.05) is 0 Å². The van der Waals surface area contributed by atoms with Crippen molar-refractivity contribution in [3.63, 3.8) is 0 Å². The summed E-state index contributed by atoms with van der Waals surface area (Å²) in [5.41, 5.74) is 8.53. The Bertz CT molecular complexity index is 1800. The number of benzene rings is 5. The molecular formula is C35H26N2O. The first-order chi connectivity index (χ1) is 18.6. The van der Waals surface area contributed by atoms with Crippen LogP contribution >= 0.6 is 0 Å². The highest BCUT2D eigenvalue weighted by Gasteiger charge is 2.36. The van der Waals surface area contributed by atoms with E-state index in [9.17, 15) is 0 Å². The van der Waals surface area contributed by atoms with Crippen LogP contribution in [0.2, 0.25) is 0 Å². The molecule has 0 radical (unpaired) electrons. The summed E-state index contributed by atoms with van der Waals surface area (Å²) < 4.78 is 6.35. The minimum atomic E-state index is -0.188. The fourth-order valence-corrected chi connectivity index (χ4v) is 5.65. The van der Waals surface area contributed by atoms with Crippen molar-refractivity contribution in [2.24, 2.45) is 0 Å². The second kappa shape index (κ2) is 8.67. The van der Waals surface area contributed by atoms with Gasteiger partial charge in [-0.1, -0.05) is 117 Å². The molecule has 7 rings (SSSR count). The minimum Gasteiger partial charge on any atom is -0.457 e. The molecule has 0 aliphatic carbocycles. The SMILES string of the molecule is CC1(C)c2ccccc2Oc2cccc(-c3ccc(-c4nc(-c5ccccc5)nc5ccccc45)cc3)c21. The Morgan fingerprint density at radius 2 is 1.24 bits per heavy atom. The molecule has 0 atom stereocenters. The molecule has 0 saturated carbocycles. The Morgan fingerprint density at radius 3 is 2.08 bits per heavy atom. The first kappa shape index (κ1) is 22.4. The van der Waals surface area contributed by atoms with Crippen LogP contribution in [0.5, 0.6) is 11.5 Å². The zero-order chi connectivity index (χ0) is 25.7. The third-order valence-electron chi connectivity index (χ3n) is 7.54. The average Bonchev–Trinajstić information content (AvgIpc) is 2.97. The first-order valence-corrected chi connectivity index (χ1v) is 12.9. The molecule has 5 aromatic carbocycles. The van der Waals surface area contributed by atoms with Gasteiger partial charge in [-0.15, -0.1) is 0 Å². The molecule has 0 saturated heterocycles. The Morgan fingerprint density at radius 1 is 0.553 bits per heavy atom. The quantitative estimate of drug-likeness (QED) is 0.248. The van der Waals surface area contributed by atoms with Crippen molar-refractivity contribution in [3.8, 4) is 45.3 Å². The molecule has 1 aliphatic heterocycles. The Hall–Kier alpha value is -4.76. The molecule has 0 bridgehead atoms. The molecule has 0 fully saturated rings. The monoisotopic (exact) mass is 490 g/mol. The number of aromatic nitrogens is 2. The summed E-state index contributed by atoms with van der Waals surface area (Å²) in [6.45, 7) is 4.56. The van der Waals surface area contributed by atoms with E-state index in [2.05, 4.69) is 98.8 Å². The maximum Gasteiger partial charge on any atom is 0.160 e. The third-order valence-corrected chi connectivity index (χ3v) is 7.54. The molecule has 0 N–H and O–H groups in total. The van der Waals surface area contributed by atoms with Crippen LogP contribution in [0.15, 0.2) is 121 Å². The number of rotatable bonds is 3. The van der Waals surface area contributed by atoms with Crippen molar-refractivity contribution in [2.45, 2.75) is 19.3 Å². The molecule has 2 heterocycles. The van der Waals surface area contributed by atoms with Gasteiger partial charge in [0.1, 0.15) is 11.5 Å². The molecule has 1 aliphatic rings. The topological polar surface area (TPSA) is 35.0 Å². The number of ether oxygens (including phenoxy) is 1. The average molecular weight is 491 g/mol. The van der Waals surface area contributed by atoms with Gasteiger partial charge in [-0.05, 0) is 29.3 Å². The minimum absolute atomic E-state index is 0.188. The summed E-state index contributed by atoms with van der Waals surface area (Å²) in [7, 11) is 0. The predicted octanol–water partition coefficient (Wildman–Crippen LogP) is 9.06. The maximum atomic E-state index is 6.35. The maximum absolute atomic E-state index is 6.35. The van der Waals surface area contributed by atoms with Crippen molar-refractivity contribution < 1.29 is 4.74 Å². The van der Waals surface area contributed by atoms with Gasteiger partial charge in [0.05, 0.1) is 11.2 Å². The van der Waals surface area contributed by atoms with Crippen LogP contribution < -0.4 is 4.74 Å². The van der Waals surface area contributed by atoms with E-state index in [1.807, 2.05) is 36.4 Å². The van der Waals surface area contributed by atoms with E-state index in [1.165, 1.54) is 16.7 Å². The zero-order valence-electron chi connectivity index (χ0n) is 21.3. The van der Waals surface area contributed by atoms with Gasteiger partial charge in [-0.25, -0.2) is 9.97 Å². The molecule has 3 nitrogen and oxygen atoms in total. The lowest BCUT2D eigenvalue weighted by Crippen LogP contribution is -2.25. The second-order valence-electron chi connectivity index (χ2n) is 10.3. The number of fused-ring (bicyclic) bond motifs is 3. The van der Waals surface area contributed by atoms with Gasteiger partial charge in [0.25, 0.3) is 0 Å². The lowest BCUT2D eigenvalue weighted by Gasteiger charge is -2.36. The Balaban J connectivity index is 1.34. The van der Waals surface area contributed by atoms with E-state index in [-0.39, 0.29) is 5.41 Å². The van der Waals surface area contributed by atoms with Crippen LogP contribution in [0.3, 0.4) is 0 Å². The number of hydrogen-bond donors (Lipinski definition) is 0. The highest BCUT2D eigenvalue weighted by molar-refractivity contribution is 5.94. The number of hydrogen-bond acceptors (Lipinski definition) is 3. The van der Waals surface area contributed by atoms with Crippen molar-refractivity contribution in [1.82, 2.24) is 9.97 Å². The molecule has 38 heavy (non-hydrogen) atoms. The summed E-state index contributed by atoms with van der Waals surface area (Å²) in [4.78, 5) is 9.89. The van der Waals surface area contributed by atoms with Crippen LogP contribution in [0, 0.1) is 0 Å². The second-order valence-corrected chi connectivity index (χ2v) is 10.3. The number of nitrogens with zero attached hydrogens (tertiary/aromatic N) is 2. The molecule has 1 aromatic heterocycles. The zero-order valence-corrected chi connectivity index (χ0v) is 21.3. The van der Waals surface area contributed by atoms with Crippen molar-refractivity contribution in [1.29, 1.82) is 0 Å². The van der Waals surface area contributed by atoms with Crippen LogP contribution in [0.25, 0.3) is 44.7 Å². The van der Waals surface area contributed by atoms with Gasteiger partial charge in [0.15, 0.2) is 5.82 Å². The van der Waals surface area contributed by atoms with E-state index in [1.54, 1.807) is 0 Å². The summed E-state index contributed by atoms with van der Waals surface area (Å²) in [5.74, 6) is 2.59. The van der Waals surface area contributed by atoms with E-state index in [0.717, 1.165) is 50.6 Å². The summed E-state index contributed by atoms with van der Waals surface area (Å²) >= 11 is 0. The largest absolute Gasteiger partial charge is 0.457 e. The van der Waals surface area contributed by atoms with Crippen LogP contribution in [-0.4, -0.2) is 9.97 Å². The fourth-order valence-electron chi connectivity index (χ4n) is 5.65. The summed E-state index contributed by atoms with van der Waals surface area (Å²) in [6, 6.07) is 41.8. The highest BCUT2D eigenvalue weighted by atomic mass is 16.5. The molecular weight excluding hydrogens is 464 g/mol. The molecule has 0 amide bonds. The standard InChI is InChI=1S/C35H26N2O/c1-35(2)28-15-7-9-17-30(28)38-31-18-10-14-26(32(31)35)23-19-21-24(22-20-23)33-27-13-6-8-16-29(27)36-34(37-33)25-11-4-3-5-12-25/h3-22H,1-2H3. The van der Waals surface area contributed by atoms with E-state index in [0.29, 0.717) is 0 Å². The van der Waals surface area contributed by atoms with Gasteiger partial charge in [-0.3, -0.25) is 0 Å². The van der Waals surface area contributed by atoms with Crippen LogP contribution in [0.4, 0.5) is 0 Å². The summed E-state index contributed by atoms with van der Waals surface area (Å²) in [5, 5.41) is 1.04. The lowest BCUT2D eigenvalue weighted by atomic mass is 9.73. The van der Waals surface area contributed by atoms with Gasteiger partial charge in [0.2, 0.25) is 0 Å². The number of para-hydroxylation sites is 2. The smallest absolute Gasteiger partial charge is 0.160 e. The normalized spacial score (nSPS) is 13.4. The third kappa shape index (κ3) is 3.59. The van der Waals surface area contributed by atoms with Gasteiger partial charge in [-0.2, -0.15) is 0 Å². The van der Waals surface area contributed by atoms with Gasteiger partial charge < -0.3 is 4.74 Å². The van der Waals surface area contributed by atoms with Crippen molar-refractivity contribution >= 4 is 10.9 Å².